The molecular formula is C58H68N4O9S. The lowest BCUT2D eigenvalue weighted by Gasteiger charge is -2.36. The van der Waals surface area contributed by atoms with Gasteiger partial charge in [-0.15, -0.1) is 11.8 Å². The highest BCUT2D eigenvalue weighted by atomic mass is 32.2. The minimum atomic E-state index is -1.37. The monoisotopic (exact) mass is 996 g/mol. The lowest BCUT2D eigenvalue weighted by molar-refractivity contribution is -0.159. The summed E-state index contributed by atoms with van der Waals surface area (Å²) in [5.41, 5.74) is 5.26. The van der Waals surface area contributed by atoms with Gasteiger partial charge in [-0.2, -0.15) is 0 Å². The molecule has 5 aromatic carbocycles. The Morgan fingerprint density at radius 3 is 1.51 bits per heavy atom. The number of amides is 4. The molecule has 4 N–H and O–H groups in total. The SMILES string of the molecule is CC(C)C[C@H](NC(=O)[C@H](CCC(=O)OC(C)(C)C)NC(=O)[C@H](CSC(c1ccccc1)(c1ccccc1)c1ccccc1)NC(=O)CNC(=O)OCC1c2ccccc2-c2ccccc21)C(=O)OC(C)(C)C. The maximum absolute atomic E-state index is 14.9. The number of esters is 2. The molecule has 0 bridgehead atoms. The topological polar surface area (TPSA) is 178 Å². The molecule has 0 aliphatic heterocycles. The highest BCUT2D eigenvalue weighted by Crippen LogP contribution is 2.49. The van der Waals surface area contributed by atoms with Gasteiger partial charge in [0, 0.05) is 18.1 Å². The average Bonchev–Trinajstić information content (AvgIpc) is 3.66. The minimum Gasteiger partial charge on any atom is -0.460 e. The van der Waals surface area contributed by atoms with Crippen molar-refractivity contribution >= 4 is 47.5 Å². The lowest BCUT2D eigenvalue weighted by Crippen LogP contribution is -2.57. The van der Waals surface area contributed by atoms with Gasteiger partial charge in [-0.1, -0.05) is 153 Å². The number of benzene rings is 5. The fourth-order valence-corrected chi connectivity index (χ4v) is 10.3. The molecule has 13 nitrogen and oxygen atoms in total. The Bertz CT molecular complexity index is 2510. The number of rotatable bonds is 21. The van der Waals surface area contributed by atoms with E-state index in [1.807, 2.05) is 153 Å². The highest BCUT2D eigenvalue weighted by molar-refractivity contribution is 8.00. The Hall–Kier alpha value is -6.93. The number of fused-ring (bicyclic) bond motifs is 3. The van der Waals surface area contributed by atoms with Gasteiger partial charge in [-0.3, -0.25) is 19.2 Å². The number of nitrogens with one attached hydrogen (secondary N) is 4. The standard InChI is InChI=1S/C58H68N4O9S/c1-38(2)34-48(54(67)71-57(6,7)8)62-52(65)47(32-33-51(64)70-56(3,4)5)61-53(66)49(37-72-58(39-22-12-9-13-23-39,40-24-14-10-15-25-40)41-26-16-11-17-27-41)60-50(63)35-59-55(68)69-36-46-44-30-20-18-28-42(44)43-29-19-21-31-45(43)46/h9-31,38,46-49H,32-37H2,1-8H3,(H,59,68)(H,60,63)(H,61,66)(H,62,65)/t47-,48-,49-/m0/s1. The Labute approximate surface area is 428 Å². The molecule has 380 valence electrons. The number of carbonyl (C=O) groups is 6. The van der Waals surface area contributed by atoms with E-state index in [2.05, 4.69) is 21.3 Å². The van der Waals surface area contributed by atoms with Gasteiger partial charge in [0.05, 0.1) is 4.75 Å². The van der Waals surface area contributed by atoms with Crippen molar-refractivity contribution in [2.45, 2.75) is 115 Å². The number of alkyl carbamates (subject to hydrolysis) is 1. The molecule has 4 amide bonds. The number of hydrogen-bond donors (Lipinski definition) is 4. The van der Waals surface area contributed by atoms with Crippen LogP contribution in [0.2, 0.25) is 0 Å². The fourth-order valence-electron chi connectivity index (χ4n) is 8.73. The zero-order valence-electron chi connectivity index (χ0n) is 42.5. The Morgan fingerprint density at radius 1 is 0.569 bits per heavy atom. The van der Waals surface area contributed by atoms with Crippen LogP contribution in [0, 0.1) is 5.92 Å². The average molecular weight is 997 g/mol. The second-order valence-electron chi connectivity index (χ2n) is 20.3. The van der Waals surface area contributed by atoms with Gasteiger partial charge in [0.1, 0.15) is 42.5 Å². The summed E-state index contributed by atoms with van der Waals surface area (Å²) in [6.07, 6.45) is -1.04. The third kappa shape index (κ3) is 14.8. The number of ether oxygens (including phenoxy) is 3. The molecule has 0 fully saturated rings. The van der Waals surface area contributed by atoms with Crippen molar-refractivity contribution in [3.63, 3.8) is 0 Å². The van der Waals surface area contributed by atoms with Gasteiger partial charge in [0.15, 0.2) is 0 Å². The number of thioether (sulfide) groups is 1. The van der Waals surface area contributed by atoms with Crippen molar-refractivity contribution in [1.29, 1.82) is 0 Å². The van der Waals surface area contributed by atoms with E-state index in [9.17, 15) is 28.8 Å². The molecule has 0 saturated heterocycles. The van der Waals surface area contributed by atoms with Crippen LogP contribution < -0.4 is 21.3 Å². The van der Waals surface area contributed by atoms with E-state index in [0.29, 0.717) is 0 Å². The molecule has 0 unspecified atom stereocenters. The maximum Gasteiger partial charge on any atom is 0.407 e. The Morgan fingerprint density at radius 2 is 1.03 bits per heavy atom. The summed E-state index contributed by atoms with van der Waals surface area (Å²) in [5, 5.41) is 11.0. The van der Waals surface area contributed by atoms with Crippen LogP contribution in [0.1, 0.15) is 108 Å². The second-order valence-corrected chi connectivity index (χ2v) is 21.5. The van der Waals surface area contributed by atoms with Gasteiger partial charge >= 0.3 is 18.0 Å². The smallest absolute Gasteiger partial charge is 0.407 e. The van der Waals surface area contributed by atoms with Crippen molar-refractivity contribution in [2.75, 3.05) is 18.9 Å². The molecule has 3 atom stereocenters. The first-order valence-corrected chi connectivity index (χ1v) is 25.5. The molecule has 72 heavy (non-hydrogen) atoms. The van der Waals surface area contributed by atoms with Crippen molar-refractivity contribution in [1.82, 2.24) is 21.3 Å². The summed E-state index contributed by atoms with van der Waals surface area (Å²) < 4.78 is 16.0. The van der Waals surface area contributed by atoms with Gasteiger partial charge in [0.2, 0.25) is 17.7 Å². The van der Waals surface area contributed by atoms with E-state index in [0.717, 1.165) is 38.9 Å². The molecule has 1 aliphatic carbocycles. The predicted molar refractivity (Wildman–Crippen MR) is 281 cm³/mol. The largest absolute Gasteiger partial charge is 0.460 e. The molecule has 14 heteroatoms. The van der Waals surface area contributed by atoms with Crippen molar-refractivity contribution in [2.24, 2.45) is 5.92 Å². The lowest BCUT2D eigenvalue weighted by atomic mass is 9.84. The molecule has 5 aromatic rings. The highest BCUT2D eigenvalue weighted by Gasteiger charge is 2.40. The Kier molecular flexibility index (Phi) is 18.5. The van der Waals surface area contributed by atoms with Crippen LogP contribution in [0.25, 0.3) is 11.1 Å². The molecule has 0 radical (unpaired) electrons. The third-order valence-corrected chi connectivity index (χ3v) is 13.4. The van der Waals surface area contributed by atoms with Crippen LogP contribution in [0.15, 0.2) is 140 Å². The molecule has 0 aromatic heterocycles. The normalized spacial score (nSPS) is 13.6. The molecule has 0 heterocycles. The van der Waals surface area contributed by atoms with Crippen LogP contribution in [-0.4, -0.2) is 84.0 Å². The van der Waals surface area contributed by atoms with Crippen molar-refractivity contribution < 1.29 is 43.0 Å². The van der Waals surface area contributed by atoms with Crippen molar-refractivity contribution in [3.8, 4) is 11.1 Å². The first kappa shape index (κ1) is 54.4. The van der Waals surface area contributed by atoms with Crippen LogP contribution in [0.5, 0.6) is 0 Å². The first-order valence-electron chi connectivity index (χ1n) is 24.5. The first-order chi connectivity index (χ1) is 34.2. The van der Waals surface area contributed by atoms with E-state index >= 15 is 0 Å². The quantitative estimate of drug-likeness (QED) is 0.0315. The van der Waals surface area contributed by atoms with E-state index in [-0.39, 0.29) is 43.5 Å². The fraction of sp³-hybridized carbons (Fsp3) is 0.379. The summed E-state index contributed by atoms with van der Waals surface area (Å²) in [6.45, 7) is 13.6. The van der Waals surface area contributed by atoms with Gasteiger partial charge < -0.3 is 35.5 Å². The van der Waals surface area contributed by atoms with Gasteiger partial charge in [-0.25, -0.2) is 9.59 Å². The summed E-state index contributed by atoms with van der Waals surface area (Å²) in [7, 11) is 0. The van der Waals surface area contributed by atoms with Crippen LogP contribution in [0.3, 0.4) is 0 Å². The predicted octanol–water partition coefficient (Wildman–Crippen LogP) is 9.21. The number of hydrogen-bond acceptors (Lipinski definition) is 10. The Balaban J connectivity index is 1.28. The van der Waals surface area contributed by atoms with Crippen LogP contribution >= 0.6 is 11.8 Å². The van der Waals surface area contributed by atoms with Crippen LogP contribution in [0.4, 0.5) is 4.79 Å². The number of carbonyl (C=O) groups excluding carboxylic acids is 6. The summed E-state index contributed by atoms with van der Waals surface area (Å²) in [4.78, 5) is 83.2. The summed E-state index contributed by atoms with van der Waals surface area (Å²) >= 11 is 1.41. The van der Waals surface area contributed by atoms with Gasteiger partial charge in [-0.05, 0) is 99.2 Å². The zero-order chi connectivity index (χ0) is 52.1. The molecular weight excluding hydrogens is 929 g/mol. The van der Waals surface area contributed by atoms with E-state index in [1.54, 1.807) is 41.5 Å². The maximum atomic E-state index is 14.9. The molecule has 0 saturated carbocycles. The minimum absolute atomic E-state index is 0.0302. The molecule has 6 rings (SSSR count). The van der Waals surface area contributed by atoms with E-state index in [4.69, 9.17) is 14.2 Å². The van der Waals surface area contributed by atoms with Crippen molar-refractivity contribution in [3.05, 3.63) is 167 Å². The third-order valence-electron chi connectivity index (χ3n) is 11.8. The molecule has 1 aliphatic rings. The van der Waals surface area contributed by atoms with E-state index in [1.165, 1.54) is 11.8 Å². The van der Waals surface area contributed by atoms with E-state index < -0.39 is 76.4 Å². The summed E-state index contributed by atoms with van der Waals surface area (Å²) in [6, 6.07) is 41.6. The summed E-state index contributed by atoms with van der Waals surface area (Å²) in [5.74, 6) is -3.71. The molecule has 0 spiro atoms. The second kappa shape index (κ2) is 24.5. The zero-order valence-corrected chi connectivity index (χ0v) is 43.3. The van der Waals surface area contributed by atoms with Gasteiger partial charge in [0.25, 0.3) is 0 Å². The van der Waals surface area contributed by atoms with Crippen LogP contribution in [-0.2, 0) is 42.9 Å².